The summed E-state index contributed by atoms with van der Waals surface area (Å²) in [6.07, 6.45) is 3.58. The summed E-state index contributed by atoms with van der Waals surface area (Å²) in [6.45, 7) is 4.70. The molecule has 0 aromatic heterocycles. The van der Waals surface area contributed by atoms with Gasteiger partial charge in [0, 0.05) is 6.54 Å². The van der Waals surface area contributed by atoms with Gasteiger partial charge in [0.15, 0.2) is 0 Å². The summed E-state index contributed by atoms with van der Waals surface area (Å²) in [5.74, 6) is 1.91. The van der Waals surface area contributed by atoms with E-state index in [9.17, 15) is 0 Å². The van der Waals surface area contributed by atoms with Crippen LogP contribution < -0.4 is 20.1 Å². The van der Waals surface area contributed by atoms with Crippen LogP contribution in [0.1, 0.15) is 29.5 Å². The molecule has 2 aromatic carbocycles. The van der Waals surface area contributed by atoms with E-state index in [1.165, 1.54) is 11.1 Å². The van der Waals surface area contributed by atoms with Crippen LogP contribution in [0.15, 0.2) is 42.5 Å². The molecule has 0 unspecified atom stereocenters. The molecule has 4 nitrogen and oxygen atoms in total. The van der Waals surface area contributed by atoms with Gasteiger partial charge in [0.1, 0.15) is 24.2 Å². The van der Waals surface area contributed by atoms with Gasteiger partial charge in [0.2, 0.25) is 0 Å². The molecule has 2 aromatic rings. The molecule has 0 aliphatic carbocycles. The van der Waals surface area contributed by atoms with Crippen LogP contribution in [-0.2, 0) is 19.6 Å². The SMILES string of the molecule is c1cc(OC2CCNCC2)ccc1COc1ccc2c(c1)CCNC2. The highest BCUT2D eigenvalue weighted by molar-refractivity contribution is 5.37. The highest BCUT2D eigenvalue weighted by Crippen LogP contribution is 2.22. The van der Waals surface area contributed by atoms with Crippen LogP contribution in [0.4, 0.5) is 0 Å². The number of ether oxygens (including phenoxy) is 2. The first-order valence-electron chi connectivity index (χ1n) is 9.28. The normalized spacial score (nSPS) is 17.8. The Labute approximate surface area is 149 Å². The molecule has 4 rings (SSSR count). The topological polar surface area (TPSA) is 42.5 Å². The maximum Gasteiger partial charge on any atom is 0.120 e. The predicted octanol–water partition coefficient (Wildman–Crippen LogP) is 3.04. The van der Waals surface area contributed by atoms with E-state index in [1.54, 1.807) is 0 Å². The largest absolute Gasteiger partial charge is 0.490 e. The summed E-state index contributed by atoms with van der Waals surface area (Å²) >= 11 is 0. The molecular formula is C21H26N2O2. The van der Waals surface area contributed by atoms with Gasteiger partial charge in [0.25, 0.3) is 0 Å². The third kappa shape index (κ3) is 4.33. The summed E-state index contributed by atoms with van der Waals surface area (Å²) in [7, 11) is 0. The highest BCUT2D eigenvalue weighted by Gasteiger charge is 2.14. The quantitative estimate of drug-likeness (QED) is 0.879. The standard InChI is InChI=1S/C21H26N2O2/c1-4-19(25-20-8-11-22-12-9-20)5-2-16(1)15-24-21-6-3-18-14-23-10-7-17(18)13-21/h1-6,13,20,22-23H,7-12,14-15H2. The van der Waals surface area contributed by atoms with Gasteiger partial charge in [-0.2, -0.15) is 0 Å². The Bertz CT molecular complexity index is 694. The molecular weight excluding hydrogens is 312 g/mol. The lowest BCUT2D eigenvalue weighted by atomic mass is 10.0. The van der Waals surface area contributed by atoms with Gasteiger partial charge in [-0.05, 0) is 79.9 Å². The molecule has 132 valence electrons. The minimum atomic E-state index is 0.341. The Balaban J connectivity index is 1.32. The third-order valence-corrected chi connectivity index (χ3v) is 4.98. The zero-order valence-electron chi connectivity index (χ0n) is 14.6. The van der Waals surface area contributed by atoms with Crippen LogP contribution in [0.5, 0.6) is 11.5 Å². The zero-order chi connectivity index (χ0) is 16.9. The number of fused-ring (bicyclic) bond motifs is 1. The second kappa shape index (κ2) is 7.89. The first-order valence-corrected chi connectivity index (χ1v) is 9.28. The van der Waals surface area contributed by atoms with Crippen molar-refractivity contribution in [3.05, 3.63) is 59.2 Å². The molecule has 0 saturated carbocycles. The first kappa shape index (κ1) is 16.4. The third-order valence-electron chi connectivity index (χ3n) is 4.98. The van der Waals surface area contributed by atoms with Crippen molar-refractivity contribution in [3.63, 3.8) is 0 Å². The molecule has 0 amide bonds. The number of nitrogens with one attached hydrogen (secondary N) is 2. The molecule has 0 atom stereocenters. The molecule has 0 spiro atoms. The lowest BCUT2D eigenvalue weighted by Gasteiger charge is -2.23. The molecule has 4 heteroatoms. The number of rotatable bonds is 5. The van der Waals surface area contributed by atoms with E-state index in [-0.39, 0.29) is 0 Å². The molecule has 0 radical (unpaired) electrons. The molecule has 25 heavy (non-hydrogen) atoms. The van der Waals surface area contributed by atoms with Crippen LogP contribution in [-0.4, -0.2) is 25.7 Å². The Kier molecular flexibility index (Phi) is 5.19. The summed E-state index contributed by atoms with van der Waals surface area (Å²) in [6, 6.07) is 14.7. The zero-order valence-corrected chi connectivity index (χ0v) is 14.6. The molecule has 2 N–H and O–H groups in total. The molecule has 2 aliphatic rings. The van der Waals surface area contributed by atoms with E-state index in [4.69, 9.17) is 9.47 Å². The lowest BCUT2D eigenvalue weighted by Crippen LogP contribution is -2.34. The van der Waals surface area contributed by atoms with Crippen molar-refractivity contribution >= 4 is 0 Å². The van der Waals surface area contributed by atoms with Crippen molar-refractivity contribution in [2.24, 2.45) is 0 Å². The maximum absolute atomic E-state index is 6.05. The lowest BCUT2D eigenvalue weighted by molar-refractivity contribution is 0.162. The highest BCUT2D eigenvalue weighted by atomic mass is 16.5. The average Bonchev–Trinajstić information content (AvgIpc) is 2.68. The van der Waals surface area contributed by atoms with Crippen LogP contribution in [0, 0.1) is 0 Å². The minimum Gasteiger partial charge on any atom is -0.490 e. The fourth-order valence-electron chi connectivity index (χ4n) is 3.48. The van der Waals surface area contributed by atoms with Gasteiger partial charge in [-0.25, -0.2) is 0 Å². The second-order valence-electron chi connectivity index (χ2n) is 6.86. The van der Waals surface area contributed by atoms with Crippen LogP contribution in [0.2, 0.25) is 0 Å². The average molecular weight is 338 g/mol. The van der Waals surface area contributed by atoms with Gasteiger partial charge < -0.3 is 20.1 Å². The fourth-order valence-corrected chi connectivity index (χ4v) is 3.48. The first-order chi connectivity index (χ1) is 12.4. The summed E-state index contributed by atoms with van der Waals surface area (Å²) in [4.78, 5) is 0. The van der Waals surface area contributed by atoms with Crippen molar-refractivity contribution in [1.29, 1.82) is 0 Å². The molecule has 2 aliphatic heterocycles. The van der Waals surface area contributed by atoms with Gasteiger partial charge >= 0.3 is 0 Å². The Morgan fingerprint density at radius 2 is 1.64 bits per heavy atom. The van der Waals surface area contributed by atoms with Gasteiger partial charge in [0.05, 0.1) is 0 Å². The molecule has 1 fully saturated rings. The molecule has 0 bridgehead atoms. The molecule has 1 saturated heterocycles. The van der Waals surface area contributed by atoms with Crippen molar-refractivity contribution in [1.82, 2.24) is 10.6 Å². The Morgan fingerprint density at radius 3 is 2.48 bits per heavy atom. The van der Waals surface area contributed by atoms with Gasteiger partial charge in [-0.3, -0.25) is 0 Å². The van der Waals surface area contributed by atoms with Crippen LogP contribution in [0.3, 0.4) is 0 Å². The van der Waals surface area contributed by atoms with Crippen molar-refractivity contribution in [2.75, 3.05) is 19.6 Å². The maximum atomic E-state index is 6.05. The number of hydrogen-bond acceptors (Lipinski definition) is 4. The van der Waals surface area contributed by atoms with Gasteiger partial charge in [-0.1, -0.05) is 18.2 Å². The van der Waals surface area contributed by atoms with Crippen molar-refractivity contribution in [3.8, 4) is 11.5 Å². The van der Waals surface area contributed by atoms with Crippen molar-refractivity contribution < 1.29 is 9.47 Å². The minimum absolute atomic E-state index is 0.341. The second-order valence-corrected chi connectivity index (χ2v) is 6.86. The van der Waals surface area contributed by atoms with E-state index in [0.29, 0.717) is 12.7 Å². The fraction of sp³-hybridized carbons (Fsp3) is 0.429. The summed E-state index contributed by atoms with van der Waals surface area (Å²) < 4.78 is 12.0. The van der Waals surface area contributed by atoms with E-state index in [1.807, 2.05) is 0 Å². The van der Waals surface area contributed by atoms with Crippen LogP contribution >= 0.6 is 0 Å². The van der Waals surface area contributed by atoms with E-state index < -0.39 is 0 Å². The smallest absolute Gasteiger partial charge is 0.120 e. The number of benzene rings is 2. The predicted molar refractivity (Wildman–Crippen MR) is 99.1 cm³/mol. The van der Waals surface area contributed by atoms with Crippen LogP contribution in [0.25, 0.3) is 0 Å². The Hall–Kier alpha value is -2.04. The molecule has 2 heterocycles. The van der Waals surface area contributed by atoms with E-state index in [0.717, 1.165) is 62.5 Å². The summed E-state index contributed by atoms with van der Waals surface area (Å²) in [5.41, 5.74) is 3.96. The van der Waals surface area contributed by atoms with E-state index >= 15 is 0 Å². The Morgan fingerprint density at radius 1 is 0.840 bits per heavy atom. The summed E-state index contributed by atoms with van der Waals surface area (Å²) in [5, 5.41) is 6.76. The monoisotopic (exact) mass is 338 g/mol. The van der Waals surface area contributed by atoms with Crippen molar-refractivity contribution in [2.45, 2.75) is 38.5 Å². The number of hydrogen-bond donors (Lipinski definition) is 2. The number of piperidine rings is 1. The van der Waals surface area contributed by atoms with E-state index in [2.05, 4.69) is 53.1 Å². The van der Waals surface area contributed by atoms with Gasteiger partial charge in [-0.15, -0.1) is 0 Å².